The minimum atomic E-state index is 0.154. The summed E-state index contributed by atoms with van der Waals surface area (Å²) in [7, 11) is 0. The highest BCUT2D eigenvalue weighted by atomic mass is 35.5. The third-order valence-electron chi connectivity index (χ3n) is 4.15. The van der Waals surface area contributed by atoms with E-state index in [-0.39, 0.29) is 12.5 Å². The van der Waals surface area contributed by atoms with Gasteiger partial charge in [0.2, 0.25) is 11.1 Å². The molecule has 0 bridgehead atoms. The van der Waals surface area contributed by atoms with E-state index in [4.69, 9.17) is 16.3 Å². The molecule has 1 aromatic heterocycles. The number of carbonyl (C=O) groups excluding carboxylic acids is 1. The zero-order valence-electron chi connectivity index (χ0n) is 14.1. The maximum atomic E-state index is 12.3. The number of hydrogen-bond donors (Lipinski definition) is 1. The number of aromatic amines is 1. The Labute approximate surface area is 156 Å². The zero-order valence-corrected chi connectivity index (χ0v) is 15.6. The summed E-state index contributed by atoms with van der Waals surface area (Å²) in [6.07, 6.45) is 3.38. The van der Waals surface area contributed by atoms with Crippen LogP contribution >= 0.6 is 23.4 Å². The number of nitrogens with zero attached hydrogens (tertiary/aromatic N) is 3. The van der Waals surface area contributed by atoms with E-state index in [0.717, 1.165) is 19.4 Å². The van der Waals surface area contributed by atoms with Crippen molar-refractivity contribution in [1.29, 1.82) is 0 Å². The average Bonchev–Trinajstić information content (AvgIpc) is 3.07. The van der Waals surface area contributed by atoms with Crippen molar-refractivity contribution in [3.05, 3.63) is 35.1 Å². The molecule has 6 nitrogen and oxygen atoms in total. The first-order valence-corrected chi connectivity index (χ1v) is 9.70. The number of nitrogens with one attached hydrogen (secondary N) is 1. The van der Waals surface area contributed by atoms with Crippen LogP contribution in [0.25, 0.3) is 0 Å². The predicted molar refractivity (Wildman–Crippen MR) is 97.9 cm³/mol. The Balaban J connectivity index is 1.46. The lowest BCUT2D eigenvalue weighted by atomic mass is 10.0. The van der Waals surface area contributed by atoms with Crippen LogP contribution in [0.1, 0.15) is 32.0 Å². The minimum absolute atomic E-state index is 0.154. The standard InChI is InChI=1S/C17H21ClN4O2S/c1-12-4-2-3-9-22(12)16(23)11-25-17-19-15(20-21-17)10-24-14-7-5-13(18)6-8-14/h5-8,12H,2-4,9-11H2,1H3,(H,19,20,21)/t12-/m0/s1. The number of amides is 1. The van der Waals surface area contributed by atoms with E-state index in [0.29, 0.717) is 33.5 Å². The summed E-state index contributed by atoms with van der Waals surface area (Å²) in [6.45, 7) is 3.25. The highest BCUT2D eigenvalue weighted by molar-refractivity contribution is 7.99. The number of halogens is 1. The van der Waals surface area contributed by atoms with E-state index in [2.05, 4.69) is 22.1 Å². The Morgan fingerprint density at radius 2 is 2.20 bits per heavy atom. The molecule has 1 atom stereocenters. The molecule has 0 radical (unpaired) electrons. The first-order valence-electron chi connectivity index (χ1n) is 8.34. The smallest absolute Gasteiger partial charge is 0.233 e. The van der Waals surface area contributed by atoms with Crippen LogP contribution in [-0.2, 0) is 11.4 Å². The molecular weight excluding hydrogens is 360 g/mol. The number of hydrogen-bond acceptors (Lipinski definition) is 5. The van der Waals surface area contributed by atoms with Gasteiger partial charge in [-0.05, 0) is 50.5 Å². The van der Waals surface area contributed by atoms with Crippen LogP contribution in [0.15, 0.2) is 29.4 Å². The van der Waals surface area contributed by atoms with Crippen molar-refractivity contribution >= 4 is 29.3 Å². The van der Waals surface area contributed by atoms with Crippen LogP contribution < -0.4 is 4.74 Å². The minimum Gasteiger partial charge on any atom is -0.486 e. The normalized spacial score (nSPS) is 17.5. The lowest BCUT2D eigenvalue weighted by molar-refractivity contribution is -0.131. The van der Waals surface area contributed by atoms with Gasteiger partial charge < -0.3 is 9.64 Å². The highest BCUT2D eigenvalue weighted by Gasteiger charge is 2.23. The molecule has 1 N–H and O–H groups in total. The molecule has 1 fully saturated rings. The van der Waals surface area contributed by atoms with Gasteiger partial charge in [-0.3, -0.25) is 9.89 Å². The van der Waals surface area contributed by atoms with Crippen molar-refractivity contribution in [3.8, 4) is 5.75 Å². The number of aromatic nitrogens is 3. The van der Waals surface area contributed by atoms with Crippen LogP contribution in [0.4, 0.5) is 0 Å². The molecule has 0 spiro atoms. The van der Waals surface area contributed by atoms with Gasteiger partial charge in [0.1, 0.15) is 12.4 Å². The Hall–Kier alpha value is -1.73. The number of likely N-dealkylation sites (tertiary alicyclic amines) is 1. The second-order valence-electron chi connectivity index (χ2n) is 6.03. The van der Waals surface area contributed by atoms with E-state index in [1.165, 1.54) is 18.2 Å². The summed E-state index contributed by atoms with van der Waals surface area (Å²) in [5.41, 5.74) is 0. The SMILES string of the molecule is C[C@H]1CCCCN1C(=O)CSc1n[nH]c(COc2ccc(Cl)cc2)n1. The molecule has 0 saturated carbocycles. The van der Waals surface area contributed by atoms with Gasteiger partial charge in [0.25, 0.3) is 0 Å². The second-order valence-corrected chi connectivity index (χ2v) is 7.41. The lowest BCUT2D eigenvalue weighted by Crippen LogP contribution is -2.42. The molecule has 1 aromatic carbocycles. The van der Waals surface area contributed by atoms with Gasteiger partial charge in [-0.1, -0.05) is 23.4 Å². The van der Waals surface area contributed by atoms with Crippen molar-refractivity contribution in [3.63, 3.8) is 0 Å². The van der Waals surface area contributed by atoms with Gasteiger partial charge in [-0.25, -0.2) is 4.98 Å². The average molecular weight is 381 g/mol. The van der Waals surface area contributed by atoms with Crippen molar-refractivity contribution in [2.45, 2.75) is 44.0 Å². The second kappa shape index (κ2) is 8.58. The number of benzene rings is 1. The topological polar surface area (TPSA) is 71.1 Å². The summed E-state index contributed by atoms with van der Waals surface area (Å²) in [6, 6.07) is 7.47. The number of ether oxygens (including phenoxy) is 1. The molecule has 1 amide bonds. The molecule has 25 heavy (non-hydrogen) atoms. The summed E-state index contributed by atoms with van der Waals surface area (Å²) < 4.78 is 5.62. The first kappa shape index (κ1) is 18.1. The van der Waals surface area contributed by atoms with Gasteiger partial charge in [-0.15, -0.1) is 5.10 Å². The fraction of sp³-hybridized carbons (Fsp3) is 0.471. The van der Waals surface area contributed by atoms with Crippen LogP contribution in [0.3, 0.4) is 0 Å². The van der Waals surface area contributed by atoms with Crippen LogP contribution in [0.5, 0.6) is 5.75 Å². The molecule has 0 aliphatic carbocycles. The predicted octanol–water partition coefficient (Wildman–Crippen LogP) is 3.53. The van der Waals surface area contributed by atoms with Crippen molar-refractivity contribution in [2.75, 3.05) is 12.3 Å². The third kappa shape index (κ3) is 5.12. The summed E-state index contributed by atoms with van der Waals surface area (Å²) in [5.74, 6) is 1.85. The van der Waals surface area contributed by atoms with Crippen molar-refractivity contribution in [2.24, 2.45) is 0 Å². The first-order chi connectivity index (χ1) is 12.1. The largest absolute Gasteiger partial charge is 0.486 e. The van der Waals surface area contributed by atoms with Crippen LogP contribution in [0.2, 0.25) is 5.02 Å². The molecule has 134 valence electrons. The number of piperidine rings is 1. The molecular formula is C17H21ClN4O2S. The molecule has 1 aliphatic rings. The summed E-state index contributed by atoms with van der Waals surface area (Å²) in [4.78, 5) is 18.7. The van der Waals surface area contributed by atoms with Crippen molar-refractivity contribution < 1.29 is 9.53 Å². The zero-order chi connectivity index (χ0) is 17.6. The maximum Gasteiger partial charge on any atom is 0.233 e. The van der Waals surface area contributed by atoms with E-state index in [9.17, 15) is 4.79 Å². The fourth-order valence-electron chi connectivity index (χ4n) is 2.77. The molecule has 1 saturated heterocycles. The summed E-state index contributed by atoms with van der Waals surface area (Å²) >= 11 is 7.19. The molecule has 8 heteroatoms. The number of carbonyl (C=O) groups is 1. The quantitative estimate of drug-likeness (QED) is 0.776. The molecule has 1 aliphatic heterocycles. The molecule has 2 aromatic rings. The highest BCUT2D eigenvalue weighted by Crippen LogP contribution is 2.20. The van der Waals surface area contributed by atoms with Gasteiger partial charge >= 0.3 is 0 Å². The van der Waals surface area contributed by atoms with Gasteiger partial charge in [-0.2, -0.15) is 0 Å². The van der Waals surface area contributed by atoms with Gasteiger partial charge in [0, 0.05) is 17.6 Å². The van der Waals surface area contributed by atoms with Gasteiger partial charge in [0.15, 0.2) is 5.82 Å². The Morgan fingerprint density at radius 3 is 2.96 bits per heavy atom. The van der Waals surface area contributed by atoms with Crippen molar-refractivity contribution in [1.82, 2.24) is 20.1 Å². The number of H-pyrrole nitrogens is 1. The lowest BCUT2D eigenvalue weighted by Gasteiger charge is -2.33. The van der Waals surface area contributed by atoms with Crippen LogP contribution in [0, 0.1) is 0 Å². The Kier molecular flexibility index (Phi) is 6.20. The van der Waals surface area contributed by atoms with Crippen LogP contribution in [-0.4, -0.2) is 44.3 Å². The maximum absolute atomic E-state index is 12.3. The number of thioether (sulfide) groups is 1. The third-order valence-corrected chi connectivity index (χ3v) is 5.23. The Bertz CT molecular complexity index is 707. The Morgan fingerprint density at radius 1 is 1.40 bits per heavy atom. The molecule has 2 heterocycles. The van der Waals surface area contributed by atoms with E-state index in [1.54, 1.807) is 24.3 Å². The monoisotopic (exact) mass is 380 g/mol. The van der Waals surface area contributed by atoms with E-state index >= 15 is 0 Å². The van der Waals surface area contributed by atoms with E-state index in [1.807, 2.05) is 4.90 Å². The van der Waals surface area contributed by atoms with Gasteiger partial charge in [0.05, 0.1) is 5.75 Å². The summed E-state index contributed by atoms with van der Waals surface area (Å²) in [5, 5.41) is 8.20. The molecule has 0 unspecified atom stereocenters. The fourth-order valence-corrected chi connectivity index (χ4v) is 3.60. The van der Waals surface area contributed by atoms with E-state index < -0.39 is 0 Å². The number of rotatable bonds is 6. The molecule has 3 rings (SSSR count).